The second-order valence-electron chi connectivity index (χ2n) is 9.89. The first-order valence-corrected chi connectivity index (χ1v) is 12.4. The van der Waals surface area contributed by atoms with E-state index in [2.05, 4.69) is 32.9 Å². The molecule has 35 heavy (non-hydrogen) atoms. The quantitative estimate of drug-likeness (QED) is 0.488. The summed E-state index contributed by atoms with van der Waals surface area (Å²) >= 11 is 1.65. The number of imide groups is 1. The van der Waals surface area contributed by atoms with Crippen LogP contribution in [-0.2, 0) is 16.0 Å². The molecule has 8 heteroatoms. The smallest absolute Gasteiger partial charge is 0.339 e. The van der Waals surface area contributed by atoms with Crippen LogP contribution in [0.5, 0.6) is 0 Å². The average molecular weight is 492 g/mol. The number of fused-ring (bicyclic) bond motifs is 2. The first-order chi connectivity index (χ1) is 16.5. The van der Waals surface area contributed by atoms with E-state index < -0.39 is 24.0 Å². The van der Waals surface area contributed by atoms with Gasteiger partial charge in [-0.15, -0.1) is 11.3 Å². The van der Waals surface area contributed by atoms with Gasteiger partial charge in [-0.1, -0.05) is 45.0 Å². The fraction of sp³-hybridized carbons (Fsp3) is 0.333. The maximum Gasteiger partial charge on any atom is 0.339 e. The van der Waals surface area contributed by atoms with Gasteiger partial charge in [0.15, 0.2) is 6.10 Å². The van der Waals surface area contributed by atoms with Gasteiger partial charge in [0.25, 0.3) is 5.91 Å². The number of nitrogens with one attached hydrogen (secondary N) is 1. The number of carbonyl (C=O) groups is 3. The summed E-state index contributed by atoms with van der Waals surface area (Å²) in [4.78, 5) is 42.9. The molecule has 2 atom stereocenters. The number of nitrogens with two attached hydrogens (primary N) is 1. The van der Waals surface area contributed by atoms with Crippen LogP contribution in [0, 0.1) is 11.3 Å². The lowest BCUT2D eigenvalue weighted by atomic mass is 9.69. The van der Waals surface area contributed by atoms with Crippen molar-refractivity contribution in [2.24, 2.45) is 17.1 Å². The number of urea groups is 1. The van der Waals surface area contributed by atoms with Gasteiger partial charge in [-0.2, -0.15) is 0 Å². The molecule has 2 heterocycles. The van der Waals surface area contributed by atoms with Crippen LogP contribution in [0.4, 0.5) is 4.79 Å². The lowest BCUT2D eigenvalue weighted by molar-refractivity contribution is -0.127. The van der Waals surface area contributed by atoms with E-state index in [4.69, 9.17) is 15.5 Å². The minimum absolute atomic E-state index is 0.00624. The van der Waals surface area contributed by atoms with Gasteiger partial charge in [0.2, 0.25) is 0 Å². The molecule has 182 valence electrons. The molecule has 0 saturated carbocycles. The predicted molar refractivity (Wildman–Crippen MR) is 138 cm³/mol. The van der Waals surface area contributed by atoms with Crippen molar-refractivity contribution in [2.45, 2.75) is 46.6 Å². The minimum Gasteiger partial charge on any atom is -0.449 e. The molecule has 2 unspecified atom stereocenters. The van der Waals surface area contributed by atoms with Gasteiger partial charge in [-0.05, 0) is 65.8 Å². The van der Waals surface area contributed by atoms with Gasteiger partial charge < -0.3 is 10.5 Å². The van der Waals surface area contributed by atoms with Crippen LogP contribution in [-0.4, -0.2) is 29.0 Å². The second kappa shape index (κ2) is 9.62. The Kier molecular flexibility index (Phi) is 6.76. The van der Waals surface area contributed by atoms with Gasteiger partial charge in [0.1, 0.15) is 0 Å². The molecule has 7 nitrogen and oxygen atoms in total. The van der Waals surface area contributed by atoms with Crippen molar-refractivity contribution < 1.29 is 19.1 Å². The summed E-state index contributed by atoms with van der Waals surface area (Å²) in [6.45, 7) is 8.02. The molecular weight excluding hydrogens is 462 g/mol. The van der Waals surface area contributed by atoms with Crippen molar-refractivity contribution in [1.29, 1.82) is 0 Å². The first-order valence-electron chi connectivity index (χ1n) is 11.5. The molecule has 1 aromatic carbocycles. The number of nitrogens with zero attached hydrogens (tertiary/aromatic N) is 1. The van der Waals surface area contributed by atoms with Crippen molar-refractivity contribution in [3.63, 3.8) is 0 Å². The summed E-state index contributed by atoms with van der Waals surface area (Å²) in [7, 11) is 0. The van der Waals surface area contributed by atoms with Gasteiger partial charge in [0, 0.05) is 10.3 Å². The summed E-state index contributed by atoms with van der Waals surface area (Å²) in [5.74, 6) is -1.13. The van der Waals surface area contributed by atoms with Gasteiger partial charge in [-0.3, -0.25) is 10.1 Å². The Morgan fingerprint density at radius 3 is 2.57 bits per heavy atom. The van der Waals surface area contributed by atoms with Gasteiger partial charge in [-0.25, -0.2) is 14.6 Å². The Hall–Kier alpha value is -3.52. The van der Waals surface area contributed by atoms with Crippen LogP contribution in [0.15, 0.2) is 41.8 Å². The van der Waals surface area contributed by atoms with Crippen LogP contribution >= 0.6 is 11.3 Å². The van der Waals surface area contributed by atoms with Crippen LogP contribution in [0.3, 0.4) is 0 Å². The summed E-state index contributed by atoms with van der Waals surface area (Å²) in [6.07, 6.45) is 2.46. The van der Waals surface area contributed by atoms with Crippen molar-refractivity contribution in [1.82, 2.24) is 10.3 Å². The van der Waals surface area contributed by atoms with Crippen molar-refractivity contribution in [3.8, 4) is 0 Å². The molecule has 1 aliphatic rings. The average Bonchev–Trinajstić information content (AvgIpc) is 3.29. The molecule has 1 aliphatic carbocycles. The van der Waals surface area contributed by atoms with Gasteiger partial charge >= 0.3 is 12.0 Å². The molecule has 0 saturated heterocycles. The Morgan fingerprint density at radius 2 is 1.91 bits per heavy atom. The molecule has 2 aromatic heterocycles. The van der Waals surface area contributed by atoms with E-state index in [1.165, 1.54) is 6.92 Å². The van der Waals surface area contributed by atoms with Crippen LogP contribution < -0.4 is 11.1 Å². The third-order valence-electron chi connectivity index (χ3n) is 6.40. The molecule has 0 aliphatic heterocycles. The minimum atomic E-state index is -1.19. The molecule has 3 aromatic rings. The van der Waals surface area contributed by atoms with Crippen LogP contribution in [0.1, 0.15) is 60.6 Å². The van der Waals surface area contributed by atoms with E-state index in [-0.39, 0.29) is 11.3 Å². The SMILES string of the molecule is CC(OC(=O)c1c2c(nc3ccccc13)/C(=C\c1cccs1)CC(C(C)(C)C)C2)C(=O)NC(N)=O. The number of primary amides is 1. The zero-order valence-corrected chi connectivity index (χ0v) is 21.1. The van der Waals surface area contributed by atoms with Crippen molar-refractivity contribution >= 4 is 51.8 Å². The summed E-state index contributed by atoms with van der Waals surface area (Å²) in [5.41, 5.74) is 8.82. The molecule has 0 bridgehead atoms. The standard InChI is InChI=1S/C27H29N3O4S/c1-15(24(31)30-26(28)33)34-25(32)22-19-9-5-6-10-21(19)29-23-16(13-18-8-7-11-35-18)12-17(14-20(22)23)27(2,3)4/h5-11,13,15,17H,12,14H2,1-4H3,(H3,28,30,31,33)/b16-13-. The van der Waals surface area contributed by atoms with E-state index in [0.29, 0.717) is 22.9 Å². The Labute approximate surface area is 208 Å². The fourth-order valence-electron chi connectivity index (χ4n) is 4.41. The monoisotopic (exact) mass is 491 g/mol. The molecular formula is C27H29N3O4S. The number of esters is 1. The summed E-state index contributed by atoms with van der Waals surface area (Å²) in [6, 6.07) is 10.5. The number of para-hydroxylation sites is 1. The summed E-state index contributed by atoms with van der Waals surface area (Å²) in [5, 5.41) is 4.66. The number of aromatic nitrogens is 1. The molecule has 0 fully saturated rings. The normalized spacial score (nSPS) is 17.6. The highest BCUT2D eigenvalue weighted by molar-refractivity contribution is 7.10. The third-order valence-corrected chi connectivity index (χ3v) is 7.22. The van der Waals surface area contributed by atoms with E-state index >= 15 is 0 Å². The van der Waals surface area contributed by atoms with E-state index in [1.807, 2.05) is 41.0 Å². The molecule has 4 rings (SSSR count). The first kappa shape index (κ1) is 24.6. The zero-order valence-electron chi connectivity index (χ0n) is 20.3. The predicted octanol–water partition coefficient (Wildman–Crippen LogP) is 5.19. The molecule has 3 N–H and O–H groups in total. The van der Waals surface area contributed by atoms with Crippen molar-refractivity contribution in [2.75, 3.05) is 0 Å². The number of carbonyl (C=O) groups excluding carboxylic acids is 3. The van der Waals surface area contributed by atoms with Crippen LogP contribution in [0.2, 0.25) is 0 Å². The number of hydrogen-bond acceptors (Lipinski definition) is 6. The Balaban J connectivity index is 1.87. The number of thiophene rings is 1. The second-order valence-corrected chi connectivity index (χ2v) is 10.9. The molecule has 0 radical (unpaired) electrons. The Morgan fingerprint density at radius 1 is 1.17 bits per heavy atom. The maximum absolute atomic E-state index is 13.5. The highest BCUT2D eigenvalue weighted by Gasteiger charge is 2.36. The number of ether oxygens (including phenoxy) is 1. The number of rotatable bonds is 4. The fourth-order valence-corrected chi connectivity index (χ4v) is 5.09. The lowest BCUT2D eigenvalue weighted by Crippen LogP contribution is -2.42. The number of benzene rings is 1. The van der Waals surface area contributed by atoms with E-state index in [9.17, 15) is 14.4 Å². The maximum atomic E-state index is 13.5. The number of amides is 3. The molecule has 3 amide bonds. The number of hydrogen-bond donors (Lipinski definition) is 2. The lowest BCUT2D eigenvalue weighted by Gasteiger charge is -2.36. The summed E-state index contributed by atoms with van der Waals surface area (Å²) < 4.78 is 5.53. The highest BCUT2D eigenvalue weighted by atomic mass is 32.1. The third kappa shape index (κ3) is 5.27. The largest absolute Gasteiger partial charge is 0.449 e. The van der Waals surface area contributed by atoms with Crippen LogP contribution in [0.25, 0.3) is 22.6 Å². The zero-order chi connectivity index (χ0) is 25.3. The molecule has 0 spiro atoms. The van der Waals surface area contributed by atoms with E-state index in [0.717, 1.165) is 28.1 Å². The topological polar surface area (TPSA) is 111 Å². The Bertz CT molecular complexity index is 1320. The highest BCUT2D eigenvalue weighted by Crippen LogP contribution is 2.45. The van der Waals surface area contributed by atoms with Gasteiger partial charge in [0.05, 0.1) is 16.8 Å². The van der Waals surface area contributed by atoms with E-state index in [1.54, 1.807) is 11.3 Å². The number of pyridine rings is 1. The number of allylic oxidation sites excluding steroid dienone is 1. The van der Waals surface area contributed by atoms with Crippen molar-refractivity contribution in [3.05, 3.63) is 63.5 Å².